The molecule has 1 aromatic carbocycles. The van der Waals surface area contributed by atoms with Crippen molar-refractivity contribution >= 4 is 23.9 Å². The quantitative estimate of drug-likeness (QED) is 0.138. The van der Waals surface area contributed by atoms with E-state index in [0.29, 0.717) is 25.2 Å². The molecule has 0 spiro atoms. The minimum atomic E-state index is -5.67. The van der Waals surface area contributed by atoms with E-state index in [4.69, 9.17) is 14.6 Å². The zero-order chi connectivity index (χ0) is 46.3. The number of carbonyl (C=O) groups excluding carboxylic acids is 3. The first-order chi connectivity index (χ1) is 26.6. The van der Waals surface area contributed by atoms with Crippen LogP contribution in [0.25, 0.3) is 0 Å². The molecule has 15 heteroatoms. The van der Waals surface area contributed by atoms with Gasteiger partial charge >= 0.3 is 36.2 Å². The molecule has 2 saturated carbocycles. The predicted octanol–water partition coefficient (Wildman–Crippen LogP) is 11.3. The number of nitriles is 1. The molecule has 2 bridgehead atoms. The lowest BCUT2D eigenvalue weighted by molar-refractivity contribution is -0.315. The number of aliphatic carboxylic acids is 1. The van der Waals surface area contributed by atoms with Gasteiger partial charge in [0.05, 0.1) is 22.3 Å². The zero-order valence-electron chi connectivity index (χ0n) is 37.0. The van der Waals surface area contributed by atoms with Gasteiger partial charge in [0, 0.05) is 11.8 Å². The Hall–Kier alpha value is -3.83. The molecule has 0 aromatic heterocycles. The van der Waals surface area contributed by atoms with Crippen LogP contribution in [0.2, 0.25) is 0 Å². The molecule has 1 N–H and O–H groups in total. The number of ether oxygens (including phenoxy) is 3. The normalized spacial score (nSPS) is 22.9. The highest BCUT2D eigenvalue weighted by molar-refractivity contribution is 5.85. The van der Waals surface area contributed by atoms with Crippen LogP contribution in [-0.4, -0.2) is 59.6 Å². The Morgan fingerprint density at radius 1 is 0.831 bits per heavy atom. The van der Waals surface area contributed by atoms with Crippen LogP contribution in [0.5, 0.6) is 0 Å². The van der Waals surface area contributed by atoms with Gasteiger partial charge < -0.3 is 19.3 Å². The largest absolute Gasteiger partial charge is 0.481 e. The van der Waals surface area contributed by atoms with Crippen molar-refractivity contribution in [1.29, 1.82) is 5.26 Å². The Balaban J connectivity index is 0.000000411. The lowest BCUT2D eigenvalue weighted by atomic mass is 9.74. The number of carbonyl (C=O) groups is 4. The molecule has 3 fully saturated rings. The summed E-state index contributed by atoms with van der Waals surface area (Å²) < 4.78 is 87.0. The second-order valence-electron chi connectivity index (χ2n) is 18.7. The monoisotopic (exact) mass is 849 g/mol. The summed E-state index contributed by atoms with van der Waals surface area (Å²) in [5, 5.41) is 17.8. The van der Waals surface area contributed by atoms with E-state index >= 15 is 0 Å². The summed E-state index contributed by atoms with van der Waals surface area (Å²) in [4.78, 5) is 45.6. The van der Waals surface area contributed by atoms with Crippen molar-refractivity contribution in [3.63, 3.8) is 0 Å². The number of esters is 3. The van der Waals surface area contributed by atoms with E-state index in [1.54, 1.807) is 13.8 Å². The average Bonchev–Trinajstić information content (AvgIpc) is 3.75. The molecule has 6 unspecified atom stereocenters. The third kappa shape index (κ3) is 13.3. The maximum Gasteiger partial charge on any atom is 0.434 e. The molecule has 2 aliphatic carbocycles. The second kappa shape index (κ2) is 19.7. The van der Waals surface area contributed by atoms with Crippen LogP contribution < -0.4 is 0 Å². The Morgan fingerprint density at radius 2 is 1.29 bits per heavy atom. The van der Waals surface area contributed by atoms with Gasteiger partial charge in [-0.15, -0.1) is 0 Å². The van der Waals surface area contributed by atoms with Crippen molar-refractivity contribution in [1.82, 2.24) is 0 Å². The van der Waals surface area contributed by atoms with E-state index in [-0.39, 0.29) is 35.7 Å². The number of halogens is 6. The Kier molecular flexibility index (Phi) is 17.8. The van der Waals surface area contributed by atoms with E-state index in [2.05, 4.69) is 69.7 Å². The fourth-order valence-corrected chi connectivity index (χ4v) is 6.14. The first-order valence-electron chi connectivity index (χ1n) is 20.1. The van der Waals surface area contributed by atoms with E-state index in [1.807, 2.05) is 27.7 Å². The smallest absolute Gasteiger partial charge is 0.434 e. The van der Waals surface area contributed by atoms with E-state index in [0.717, 1.165) is 6.42 Å². The van der Waals surface area contributed by atoms with Crippen molar-refractivity contribution in [3.05, 3.63) is 35.4 Å². The van der Waals surface area contributed by atoms with Crippen LogP contribution in [-0.2, 0) is 38.8 Å². The molecule has 6 atom stereocenters. The lowest BCUT2D eigenvalue weighted by Gasteiger charge is -2.30. The number of hydrogen-bond donors (Lipinski definition) is 1. The number of hydrogen-bond acceptors (Lipinski definition) is 8. The van der Waals surface area contributed by atoms with Crippen molar-refractivity contribution in [2.24, 2.45) is 33.5 Å². The summed E-state index contributed by atoms with van der Waals surface area (Å²) in [5.74, 6) is -2.27. The molecule has 1 heterocycles. The highest BCUT2D eigenvalue weighted by Crippen LogP contribution is 2.62. The maximum atomic E-state index is 12.2. The molecule has 1 saturated heterocycles. The Morgan fingerprint density at radius 3 is 1.64 bits per heavy atom. The fraction of sp³-hybridized carbons (Fsp3) is 0.750. The summed E-state index contributed by atoms with van der Waals surface area (Å²) >= 11 is 0. The van der Waals surface area contributed by atoms with Crippen LogP contribution in [0.4, 0.5) is 26.3 Å². The van der Waals surface area contributed by atoms with Crippen molar-refractivity contribution in [2.75, 3.05) is 0 Å². The molecule has 0 amide bonds. The minimum Gasteiger partial charge on any atom is -0.481 e. The molecule has 336 valence electrons. The lowest BCUT2D eigenvalue weighted by Crippen LogP contribution is -2.47. The van der Waals surface area contributed by atoms with Gasteiger partial charge in [-0.05, 0) is 103 Å². The standard InChI is InChI=1S/C15H19NO4.C14H22.C9H12F6O2.C6H12O2/c1-4-14(2,3)12(17)19-10-8-5-9-11(10)20-13(18)15(9,6-8)7-16;1-6-11(2)12-7-9-13(10-8-12)14(3,4)5;1-4-7(2,3)6(16)17-5(8(10,11)12)9(13,14)15;1-4-6(2,3)5(7)8/h8-11H,4-6H2,1-3H3;7-11H,6H2,1-5H3;5H,4H2,1-3H3;4H2,1-3H3,(H,7,8). The molecule has 0 radical (unpaired) electrons. The number of carboxylic acid groups (broad SMARTS) is 1. The van der Waals surface area contributed by atoms with Gasteiger partial charge in [0.1, 0.15) is 12.2 Å². The summed E-state index contributed by atoms with van der Waals surface area (Å²) in [6, 6.07) is 11.2. The van der Waals surface area contributed by atoms with Crippen molar-refractivity contribution < 1.29 is 64.8 Å². The van der Waals surface area contributed by atoms with E-state index in [1.165, 1.54) is 38.3 Å². The molecule has 59 heavy (non-hydrogen) atoms. The SMILES string of the molecule is CCC(C)(C)C(=O)O.CCC(C)(C)C(=O)OC(C(F)(F)F)C(F)(F)F.CCC(C)(C)C(=O)OC1C2CC3C1OC(=O)C3(C#N)C2.CCC(C)c1ccc(C(C)(C)C)cc1. The van der Waals surface area contributed by atoms with Crippen LogP contribution >= 0.6 is 0 Å². The van der Waals surface area contributed by atoms with Gasteiger partial charge in [0.15, 0.2) is 5.41 Å². The zero-order valence-corrected chi connectivity index (χ0v) is 37.0. The Bertz CT molecular complexity index is 1620. The van der Waals surface area contributed by atoms with Gasteiger partial charge in [-0.25, -0.2) is 0 Å². The van der Waals surface area contributed by atoms with Gasteiger partial charge in [0.25, 0.3) is 6.10 Å². The second-order valence-corrected chi connectivity index (χ2v) is 18.7. The third-order valence-corrected chi connectivity index (χ3v) is 12.1. The molecule has 1 aromatic rings. The third-order valence-electron chi connectivity index (χ3n) is 12.1. The number of carboxylic acids is 1. The highest BCUT2D eigenvalue weighted by Gasteiger charge is 2.72. The van der Waals surface area contributed by atoms with Crippen LogP contribution in [0.15, 0.2) is 24.3 Å². The minimum absolute atomic E-state index is 0.0638. The van der Waals surface area contributed by atoms with Crippen LogP contribution in [0.3, 0.4) is 0 Å². The summed E-state index contributed by atoms with van der Waals surface area (Å²) in [5.41, 5.74) is -0.289. The van der Waals surface area contributed by atoms with E-state index in [9.17, 15) is 50.8 Å². The summed E-state index contributed by atoms with van der Waals surface area (Å²) in [6.07, 6.45) is -12.3. The van der Waals surface area contributed by atoms with Gasteiger partial charge in [-0.3, -0.25) is 19.2 Å². The fourth-order valence-electron chi connectivity index (χ4n) is 6.14. The molecular formula is C44H65F6NO8. The molecule has 4 rings (SSSR count). The topological polar surface area (TPSA) is 140 Å². The maximum absolute atomic E-state index is 12.2. The molecule has 1 aliphatic heterocycles. The van der Waals surface area contributed by atoms with E-state index < -0.39 is 64.1 Å². The summed E-state index contributed by atoms with van der Waals surface area (Å²) in [6.45, 7) is 26.1. The Labute approximate surface area is 345 Å². The number of benzene rings is 1. The van der Waals surface area contributed by atoms with Gasteiger partial charge in [-0.1, -0.05) is 79.7 Å². The average molecular weight is 850 g/mol. The highest BCUT2D eigenvalue weighted by atomic mass is 19.4. The number of fused-ring (bicyclic) bond motifs is 1. The molecule has 3 aliphatic rings. The summed E-state index contributed by atoms with van der Waals surface area (Å²) in [7, 11) is 0. The number of rotatable bonds is 10. The first-order valence-corrected chi connectivity index (χ1v) is 20.1. The number of alkyl halides is 6. The predicted molar refractivity (Wildman–Crippen MR) is 210 cm³/mol. The molecular weight excluding hydrogens is 784 g/mol. The van der Waals surface area contributed by atoms with Gasteiger partial charge in [0.2, 0.25) is 0 Å². The van der Waals surface area contributed by atoms with Crippen molar-refractivity contribution in [3.8, 4) is 6.07 Å². The number of nitrogens with zero attached hydrogens (tertiary/aromatic N) is 1. The van der Waals surface area contributed by atoms with Gasteiger partial charge in [-0.2, -0.15) is 31.6 Å². The first kappa shape index (κ1) is 53.2. The van der Waals surface area contributed by atoms with Crippen LogP contribution in [0.1, 0.15) is 153 Å². The van der Waals surface area contributed by atoms with Crippen LogP contribution in [0, 0.1) is 44.8 Å². The molecule has 9 nitrogen and oxygen atoms in total. The van der Waals surface area contributed by atoms with Crippen molar-refractivity contribution in [2.45, 2.75) is 177 Å².